The highest BCUT2D eigenvalue weighted by Gasteiger charge is 2.31. The maximum absolute atomic E-state index is 9.51. The molecule has 1 aliphatic carbocycles. The summed E-state index contributed by atoms with van der Waals surface area (Å²) in [6.07, 6.45) is 7.00. The first-order chi connectivity index (χ1) is 13.2. The Kier molecular flexibility index (Phi) is 11.6. The predicted octanol–water partition coefficient (Wildman–Crippen LogP) is 3.71. The van der Waals surface area contributed by atoms with Crippen LogP contribution in [0.3, 0.4) is 0 Å². The van der Waals surface area contributed by atoms with Crippen molar-refractivity contribution >= 4 is 29.9 Å². The number of aliphatic imine (C=N–C) groups is 1. The summed E-state index contributed by atoms with van der Waals surface area (Å²) in [5.74, 6) is 2.35. The lowest BCUT2D eigenvalue weighted by molar-refractivity contribution is 0.131. The van der Waals surface area contributed by atoms with Crippen LogP contribution >= 0.6 is 24.0 Å². The van der Waals surface area contributed by atoms with Crippen LogP contribution in [-0.2, 0) is 6.54 Å². The summed E-state index contributed by atoms with van der Waals surface area (Å²) in [6.45, 7) is 4.49. The summed E-state index contributed by atoms with van der Waals surface area (Å²) in [5.41, 5.74) is 1.19. The van der Waals surface area contributed by atoms with E-state index in [0.29, 0.717) is 6.54 Å². The highest BCUT2D eigenvalue weighted by Crippen LogP contribution is 2.38. The summed E-state index contributed by atoms with van der Waals surface area (Å²) < 4.78 is 10.7. The number of aliphatic hydroxyl groups is 1. The smallest absolute Gasteiger partial charge is 0.191 e. The molecule has 0 radical (unpaired) electrons. The minimum Gasteiger partial charge on any atom is -0.497 e. The number of hydrogen-bond acceptors (Lipinski definition) is 4. The van der Waals surface area contributed by atoms with Crippen molar-refractivity contribution in [3.05, 3.63) is 23.8 Å². The van der Waals surface area contributed by atoms with E-state index in [1.807, 2.05) is 18.2 Å². The fourth-order valence-corrected chi connectivity index (χ4v) is 3.81. The molecule has 160 valence electrons. The van der Waals surface area contributed by atoms with E-state index >= 15 is 0 Å². The fraction of sp³-hybridized carbons (Fsp3) is 0.667. The molecule has 1 aromatic rings. The third-order valence-corrected chi connectivity index (χ3v) is 5.43. The summed E-state index contributed by atoms with van der Waals surface area (Å²) in [4.78, 5) is 4.73. The molecule has 3 N–H and O–H groups in total. The number of aliphatic hydroxyl groups excluding tert-OH is 1. The Balaban J connectivity index is 0.00000392. The van der Waals surface area contributed by atoms with Gasteiger partial charge in [-0.05, 0) is 43.7 Å². The molecule has 0 aliphatic heterocycles. The molecule has 2 rings (SSSR count). The molecule has 7 heteroatoms. The molecule has 0 saturated heterocycles. The molecule has 1 saturated carbocycles. The van der Waals surface area contributed by atoms with Gasteiger partial charge in [0.2, 0.25) is 0 Å². The molecule has 0 unspecified atom stereocenters. The van der Waals surface area contributed by atoms with Crippen LogP contribution in [0.2, 0.25) is 0 Å². The van der Waals surface area contributed by atoms with E-state index in [1.54, 1.807) is 14.2 Å². The number of guanidine groups is 1. The second kappa shape index (κ2) is 13.1. The maximum atomic E-state index is 9.51. The van der Waals surface area contributed by atoms with Crippen molar-refractivity contribution in [1.82, 2.24) is 10.6 Å². The third kappa shape index (κ3) is 7.31. The molecule has 1 aliphatic rings. The van der Waals surface area contributed by atoms with Crippen LogP contribution in [0.25, 0.3) is 0 Å². The van der Waals surface area contributed by atoms with Crippen molar-refractivity contribution in [2.45, 2.75) is 52.0 Å². The summed E-state index contributed by atoms with van der Waals surface area (Å²) in [7, 11) is 3.31. The van der Waals surface area contributed by atoms with Crippen LogP contribution in [0.15, 0.2) is 23.2 Å². The zero-order valence-electron chi connectivity index (χ0n) is 17.4. The zero-order valence-corrected chi connectivity index (χ0v) is 19.8. The molecule has 0 spiro atoms. The van der Waals surface area contributed by atoms with E-state index in [0.717, 1.165) is 42.5 Å². The molecular weight excluding hydrogens is 469 g/mol. The van der Waals surface area contributed by atoms with E-state index < -0.39 is 0 Å². The molecule has 1 aromatic carbocycles. The maximum Gasteiger partial charge on any atom is 0.191 e. The molecule has 6 nitrogen and oxygen atoms in total. The number of hydrogen-bond donors (Lipinski definition) is 3. The zero-order chi connectivity index (χ0) is 19.5. The molecule has 0 heterocycles. The summed E-state index contributed by atoms with van der Waals surface area (Å²) in [5, 5.41) is 16.3. The summed E-state index contributed by atoms with van der Waals surface area (Å²) >= 11 is 0. The van der Waals surface area contributed by atoms with Gasteiger partial charge in [0.25, 0.3) is 0 Å². The number of halogens is 1. The number of rotatable bonds is 9. The van der Waals surface area contributed by atoms with Crippen LogP contribution < -0.4 is 20.1 Å². The third-order valence-electron chi connectivity index (χ3n) is 5.43. The molecule has 1 fully saturated rings. The number of benzene rings is 1. The van der Waals surface area contributed by atoms with Crippen molar-refractivity contribution in [3.63, 3.8) is 0 Å². The standard InChI is InChI=1S/C21H35N3O3.HI/c1-4-22-20(24-16-21(12-13-25)10-6-5-7-11-21)23-15-17-8-9-18(26-2)14-19(17)27-3;/h8-9,14,25H,4-7,10-13,15-16H2,1-3H3,(H2,22,23,24);1H. The first kappa shape index (κ1) is 24.8. The van der Waals surface area contributed by atoms with Crippen LogP contribution in [0.4, 0.5) is 0 Å². The van der Waals surface area contributed by atoms with Gasteiger partial charge in [0.1, 0.15) is 11.5 Å². The lowest BCUT2D eigenvalue weighted by atomic mass is 9.72. The Labute approximate surface area is 186 Å². The quantitative estimate of drug-likeness (QED) is 0.271. The van der Waals surface area contributed by atoms with Gasteiger partial charge in [-0.3, -0.25) is 0 Å². The first-order valence-corrected chi connectivity index (χ1v) is 10.0. The van der Waals surface area contributed by atoms with Crippen molar-refractivity contribution in [1.29, 1.82) is 0 Å². The largest absolute Gasteiger partial charge is 0.497 e. The van der Waals surface area contributed by atoms with Crippen LogP contribution in [0.5, 0.6) is 11.5 Å². The second-order valence-electron chi connectivity index (χ2n) is 7.26. The van der Waals surface area contributed by atoms with Gasteiger partial charge in [-0.2, -0.15) is 0 Å². The second-order valence-corrected chi connectivity index (χ2v) is 7.26. The van der Waals surface area contributed by atoms with Gasteiger partial charge in [-0.15, -0.1) is 24.0 Å². The molecule has 28 heavy (non-hydrogen) atoms. The van der Waals surface area contributed by atoms with Crippen LogP contribution in [0.1, 0.15) is 51.0 Å². The van der Waals surface area contributed by atoms with E-state index in [2.05, 4.69) is 17.6 Å². The normalized spacial score (nSPS) is 16.1. The van der Waals surface area contributed by atoms with Gasteiger partial charge in [0.15, 0.2) is 5.96 Å². The van der Waals surface area contributed by atoms with E-state index in [-0.39, 0.29) is 36.0 Å². The Bertz CT molecular complexity index is 599. The Morgan fingerprint density at radius 3 is 2.50 bits per heavy atom. The number of methoxy groups -OCH3 is 2. The van der Waals surface area contributed by atoms with Crippen LogP contribution in [-0.4, -0.2) is 45.0 Å². The van der Waals surface area contributed by atoms with E-state index in [1.165, 1.54) is 32.1 Å². The number of nitrogens with zero attached hydrogens (tertiary/aromatic N) is 1. The average Bonchev–Trinajstić information content (AvgIpc) is 2.71. The Morgan fingerprint density at radius 1 is 1.14 bits per heavy atom. The van der Waals surface area contributed by atoms with E-state index in [9.17, 15) is 5.11 Å². The average molecular weight is 505 g/mol. The molecule has 0 bridgehead atoms. The molecule has 0 atom stereocenters. The van der Waals surface area contributed by atoms with E-state index in [4.69, 9.17) is 14.5 Å². The van der Waals surface area contributed by atoms with Crippen molar-refractivity contribution in [2.24, 2.45) is 10.4 Å². The topological polar surface area (TPSA) is 75.1 Å². The van der Waals surface area contributed by atoms with Gasteiger partial charge in [0.05, 0.1) is 20.8 Å². The van der Waals surface area contributed by atoms with Gasteiger partial charge in [0, 0.05) is 31.3 Å². The minimum absolute atomic E-state index is 0. The minimum atomic E-state index is 0. The highest BCUT2D eigenvalue weighted by atomic mass is 127. The van der Waals surface area contributed by atoms with Gasteiger partial charge < -0.3 is 25.2 Å². The lowest BCUT2D eigenvalue weighted by Crippen LogP contribution is -2.44. The van der Waals surface area contributed by atoms with Crippen molar-refractivity contribution < 1.29 is 14.6 Å². The van der Waals surface area contributed by atoms with Crippen LogP contribution in [0, 0.1) is 5.41 Å². The van der Waals surface area contributed by atoms with Gasteiger partial charge in [-0.1, -0.05) is 19.3 Å². The summed E-state index contributed by atoms with van der Waals surface area (Å²) in [6, 6.07) is 5.79. The molecule has 0 amide bonds. The predicted molar refractivity (Wildman–Crippen MR) is 125 cm³/mol. The molecule has 0 aromatic heterocycles. The Morgan fingerprint density at radius 2 is 1.89 bits per heavy atom. The lowest BCUT2D eigenvalue weighted by Gasteiger charge is -2.37. The van der Waals surface area contributed by atoms with Crippen molar-refractivity contribution in [3.8, 4) is 11.5 Å². The number of nitrogens with one attached hydrogen (secondary N) is 2. The fourth-order valence-electron chi connectivity index (χ4n) is 3.81. The first-order valence-electron chi connectivity index (χ1n) is 10.0. The monoisotopic (exact) mass is 505 g/mol. The van der Waals surface area contributed by atoms with Gasteiger partial charge >= 0.3 is 0 Å². The molecular formula is C21H36IN3O3. The number of ether oxygens (including phenoxy) is 2. The SMILES string of the molecule is CCNC(=NCc1ccc(OC)cc1OC)NCC1(CCO)CCCCC1.I. The highest BCUT2D eigenvalue weighted by molar-refractivity contribution is 14.0. The van der Waals surface area contributed by atoms with Crippen molar-refractivity contribution in [2.75, 3.05) is 33.9 Å². The Hall–Kier alpha value is -1.22. The van der Waals surface area contributed by atoms with Gasteiger partial charge in [-0.25, -0.2) is 4.99 Å².